The molecule has 0 amide bonds. The van der Waals surface area contributed by atoms with E-state index in [9.17, 15) is 18.0 Å². The van der Waals surface area contributed by atoms with E-state index in [4.69, 9.17) is 9.47 Å². The topological polar surface area (TPSA) is 116 Å². The number of alkyl halides is 3. The summed E-state index contributed by atoms with van der Waals surface area (Å²) in [5, 5.41) is 15.4. The van der Waals surface area contributed by atoms with Gasteiger partial charge in [0.2, 0.25) is 0 Å². The van der Waals surface area contributed by atoms with Crippen LogP contribution in [0.25, 0.3) is 16.9 Å². The van der Waals surface area contributed by atoms with Crippen LogP contribution >= 0.6 is 0 Å². The minimum atomic E-state index is -5.22. The Balaban J connectivity index is 1.54. The highest BCUT2D eigenvalue weighted by molar-refractivity contribution is 5.76. The van der Waals surface area contributed by atoms with Crippen molar-refractivity contribution in [2.24, 2.45) is 0 Å². The van der Waals surface area contributed by atoms with E-state index in [2.05, 4.69) is 30.6 Å². The molecule has 4 aromatic rings. The van der Waals surface area contributed by atoms with Crippen LogP contribution in [-0.2, 0) is 16.0 Å². The number of carbonyl (C=O) groups is 1. The second-order valence-electron chi connectivity index (χ2n) is 7.12. The van der Waals surface area contributed by atoms with Gasteiger partial charge in [-0.2, -0.15) is 22.8 Å². The molecule has 1 aliphatic rings. The first-order valence-corrected chi connectivity index (χ1v) is 9.63. The monoisotopic (exact) mass is 457 g/mol. The molecule has 13 heteroatoms. The molecule has 0 bridgehead atoms. The zero-order chi connectivity index (χ0) is 23.1. The predicted molar refractivity (Wildman–Crippen MR) is 106 cm³/mol. The summed E-state index contributed by atoms with van der Waals surface area (Å²) in [7, 11) is 0. The van der Waals surface area contributed by atoms with Gasteiger partial charge in [-0.15, -0.1) is 10.2 Å². The molecule has 1 N–H and O–H groups in total. The third-order valence-electron chi connectivity index (χ3n) is 4.83. The van der Waals surface area contributed by atoms with Crippen LogP contribution in [0.1, 0.15) is 5.82 Å². The zero-order valence-corrected chi connectivity index (χ0v) is 16.7. The lowest BCUT2D eigenvalue weighted by Crippen LogP contribution is -2.53. The van der Waals surface area contributed by atoms with Crippen molar-refractivity contribution in [2.75, 3.05) is 11.9 Å². The number of nitrogens with zero attached hydrogens (tertiary/aromatic N) is 6. The highest BCUT2D eigenvalue weighted by atomic mass is 19.4. The Kier molecular flexibility index (Phi) is 4.80. The molecule has 168 valence electrons. The maximum Gasteiger partial charge on any atom is 0.491 e. The van der Waals surface area contributed by atoms with Crippen molar-refractivity contribution in [3.05, 3.63) is 60.8 Å². The highest BCUT2D eigenvalue weighted by Gasteiger charge is 2.50. The predicted octanol–water partition coefficient (Wildman–Crippen LogP) is 2.43. The number of halogens is 3. The van der Waals surface area contributed by atoms with Crippen molar-refractivity contribution in [1.82, 2.24) is 29.8 Å². The molecule has 5 rings (SSSR count). The van der Waals surface area contributed by atoms with E-state index >= 15 is 0 Å². The average Bonchev–Trinajstić information content (AvgIpc) is 3.20. The molecule has 0 saturated heterocycles. The first kappa shape index (κ1) is 20.6. The van der Waals surface area contributed by atoms with Gasteiger partial charge in [0, 0.05) is 24.2 Å². The summed E-state index contributed by atoms with van der Waals surface area (Å²) in [5.74, 6) is -3.90. The number of anilines is 1. The molecular weight excluding hydrogens is 443 g/mol. The van der Waals surface area contributed by atoms with Crippen LogP contribution in [0.15, 0.2) is 55.0 Å². The maximum atomic E-state index is 13.0. The van der Waals surface area contributed by atoms with Crippen LogP contribution in [0.2, 0.25) is 0 Å². The lowest BCUT2D eigenvalue weighted by molar-refractivity contribution is -0.238. The molecule has 0 fully saturated rings. The number of ether oxygens (including phenoxy) is 2. The van der Waals surface area contributed by atoms with Gasteiger partial charge in [0.15, 0.2) is 23.0 Å². The van der Waals surface area contributed by atoms with Crippen LogP contribution in [-0.4, -0.2) is 54.3 Å². The Morgan fingerprint density at radius 1 is 1.15 bits per heavy atom. The zero-order valence-electron chi connectivity index (χ0n) is 16.7. The van der Waals surface area contributed by atoms with Crippen molar-refractivity contribution in [2.45, 2.75) is 18.4 Å². The van der Waals surface area contributed by atoms with Gasteiger partial charge in [0.1, 0.15) is 0 Å². The third kappa shape index (κ3) is 4.00. The summed E-state index contributed by atoms with van der Waals surface area (Å²) < 4.78 is 51.0. The lowest BCUT2D eigenvalue weighted by atomic mass is 10.1. The SMILES string of the molecule is O=C(OC1(Cc2nnc3ccc(-c4ccncc4)nn23)CNc2ncccc2O1)C(F)(F)F. The smallest absolute Gasteiger partial charge is 0.446 e. The molecule has 1 unspecified atom stereocenters. The molecule has 0 aromatic carbocycles. The number of hydrogen-bond acceptors (Lipinski definition) is 9. The molecule has 1 aliphatic heterocycles. The standard InChI is InChI=1S/C20H14F3N7O3/c21-20(22,23)18(31)33-19(11-26-17-14(32-19)2-1-7-25-17)10-16-28-27-15-4-3-13(29-30(15)16)12-5-8-24-9-6-12/h1-9H,10-11H2,(H,25,26). The van der Waals surface area contributed by atoms with Crippen LogP contribution in [0.3, 0.4) is 0 Å². The van der Waals surface area contributed by atoms with Crippen molar-refractivity contribution >= 4 is 17.4 Å². The van der Waals surface area contributed by atoms with Crippen LogP contribution in [0.4, 0.5) is 19.0 Å². The van der Waals surface area contributed by atoms with Gasteiger partial charge in [0.05, 0.1) is 18.7 Å². The van der Waals surface area contributed by atoms with Crippen LogP contribution < -0.4 is 10.1 Å². The van der Waals surface area contributed by atoms with E-state index in [1.165, 1.54) is 22.8 Å². The lowest BCUT2D eigenvalue weighted by Gasteiger charge is -2.37. The average molecular weight is 457 g/mol. The maximum absolute atomic E-state index is 13.0. The Morgan fingerprint density at radius 2 is 1.97 bits per heavy atom. The summed E-state index contributed by atoms with van der Waals surface area (Å²) in [6, 6.07) is 9.92. The van der Waals surface area contributed by atoms with E-state index in [-0.39, 0.29) is 24.5 Å². The van der Waals surface area contributed by atoms with Gasteiger partial charge < -0.3 is 14.8 Å². The van der Waals surface area contributed by atoms with E-state index in [1.54, 1.807) is 36.7 Å². The minimum absolute atomic E-state index is 0.123. The van der Waals surface area contributed by atoms with Gasteiger partial charge in [-0.05, 0) is 36.4 Å². The van der Waals surface area contributed by atoms with E-state index < -0.39 is 17.9 Å². The molecule has 0 spiro atoms. The number of fused-ring (bicyclic) bond motifs is 2. The number of nitrogens with one attached hydrogen (secondary N) is 1. The Bertz CT molecular complexity index is 1330. The van der Waals surface area contributed by atoms with Gasteiger partial charge >= 0.3 is 12.1 Å². The van der Waals surface area contributed by atoms with Crippen molar-refractivity contribution in [1.29, 1.82) is 0 Å². The van der Waals surface area contributed by atoms with E-state index in [1.807, 2.05) is 0 Å². The van der Waals surface area contributed by atoms with E-state index in [0.29, 0.717) is 17.2 Å². The Hall–Kier alpha value is -4.29. The summed E-state index contributed by atoms with van der Waals surface area (Å²) in [6.07, 6.45) is -0.893. The van der Waals surface area contributed by atoms with Gasteiger partial charge in [-0.25, -0.2) is 9.78 Å². The molecule has 33 heavy (non-hydrogen) atoms. The Labute approximate surface area is 183 Å². The number of hydrogen-bond donors (Lipinski definition) is 1. The number of pyridine rings is 2. The summed E-state index contributed by atoms with van der Waals surface area (Å²) >= 11 is 0. The second kappa shape index (κ2) is 7.69. The van der Waals surface area contributed by atoms with Crippen LogP contribution in [0.5, 0.6) is 5.75 Å². The highest BCUT2D eigenvalue weighted by Crippen LogP contribution is 2.35. The largest absolute Gasteiger partial charge is 0.491 e. The van der Waals surface area contributed by atoms with Crippen molar-refractivity contribution in [3.8, 4) is 17.0 Å². The fourth-order valence-corrected chi connectivity index (χ4v) is 3.34. The second-order valence-corrected chi connectivity index (χ2v) is 7.12. The number of rotatable bonds is 4. The molecule has 0 saturated carbocycles. The molecule has 0 radical (unpaired) electrons. The van der Waals surface area contributed by atoms with Crippen molar-refractivity contribution in [3.63, 3.8) is 0 Å². The Morgan fingerprint density at radius 3 is 2.76 bits per heavy atom. The molecule has 1 atom stereocenters. The third-order valence-corrected chi connectivity index (χ3v) is 4.83. The molecule has 0 aliphatic carbocycles. The quantitative estimate of drug-likeness (QED) is 0.461. The number of carbonyl (C=O) groups excluding carboxylic acids is 1. The summed E-state index contributed by atoms with van der Waals surface area (Å²) in [5.41, 5.74) is 1.68. The number of aromatic nitrogens is 6. The van der Waals surface area contributed by atoms with Gasteiger partial charge in [-0.3, -0.25) is 4.98 Å². The fraction of sp³-hybridized carbons (Fsp3) is 0.200. The first-order valence-electron chi connectivity index (χ1n) is 9.63. The van der Waals surface area contributed by atoms with Gasteiger partial charge in [-0.1, -0.05) is 0 Å². The van der Waals surface area contributed by atoms with Crippen molar-refractivity contribution < 1.29 is 27.4 Å². The minimum Gasteiger partial charge on any atom is -0.446 e. The summed E-state index contributed by atoms with van der Waals surface area (Å²) in [4.78, 5) is 19.8. The number of esters is 1. The molecular formula is C20H14F3N7O3. The normalized spacial score (nSPS) is 17.7. The fourth-order valence-electron chi connectivity index (χ4n) is 3.34. The molecule has 4 aromatic heterocycles. The van der Waals surface area contributed by atoms with E-state index in [0.717, 1.165) is 5.56 Å². The first-order chi connectivity index (χ1) is 15.8. The molecule has 5 heterocycles. The van der Waals surface area contributed by atoms with Crippen LogP contribution in [0, 0.1) is 0 Å². The summed E-state index contributed by atoms with van der Waals surface area (Å²) in [6.45, 7) is -0.308. The molecule has 10 nitrogen and oxygen atoms in total. The van der Waals surface area contributed by atoms with Gasteiger partial charge in [0.25, 0.3) is 5.79 Å².